The minimum Gasteiger partial charge on any atom is -0.379 e. The quantitative estimate of drug-likeness (QED) is 0.507. The molecule has 2 aliphatic carbocycles. The van der Waals surface area contributed by atoms with Crippen LogP contribution < -0.4 is 16.0 Å². The van der Waals surface area contributed by atoms with Crippen LogP contribution in [0, 0.1) is 12.8 Å². The molecule has 2 saturated carbocycles. The predicted octanol–water partition coefficient (Wildman–Crippen LogP) is 4.67. The number of nitrogens with one attached hydrogen (secondary N) is 3. The number of amides is 2. The minimum absolute atomic E-state index is 0.0369. The molecule has 2 fully saturated rings. The van der Waals surface area contributed by atoms with E-state index in [0.29, 0.717) is 28.4 Å². The van der Waals surface area contributed by atoms with E-state index >= 15 is 0 Å². The SMILES string of the molecule is Cc1ncc(Cl)cc1NCc1ccc(C(=O)N[C@H](CC2CCCC2)C(=O)NC2CC2)s1. The van der Waals surface area contributed by atoms with Crippen molar-refractivity contribution in [2.45, 2.75) is 70.5 Å². The van der Waals surface area contributed by atoms with Crippen molar-refractivity contribution in [3.63, 3.8) is 0 Å². The maximum Gasteiger partial charge on any atom is 0.262 e. The summed E-state index contributed by atoms with van der Waals surface area (Å²) >= 11 is 7.46. The number of carbonyl (C=O) groups is 2. The summed E-state index contributed by atoms with van der Waals surface area (Å²) in [5.74, 6) is 0.309. The lowest BCUT2D eigenvalue weighted by molar-refractivity contribution is -0.123. The van der Waals surface area contributed by atoms with Crippen molar-refractivity contribution in [3.8, 4) is 0 Å². The third-order valence-corrected chi connectivity index (χ3v) is 7.27. The van der Waals surface area contributed by atoms with E-state index in [-0.39, 0.29) is 11.8 Å². The molecule has 2 aliphatic rings. The van der Waals surface area contributed by atoms with Crippen molar-refractivity contribution in [2.24, 2.45) is 5.92 Å². The number of thiophene rings is 1. The lowest BCUT2D eigenvalue weighted by Crippen LogP contribution is -2.48. The molecule has 4 rings (SSSR count). The molecule has 2 aromatic rings. The monoisotopic (exact) mass is 460 g/mol. The number of hydrogen-bond donors (Lipinski definition) is 3. The van der Waals surface area contributed by atoms with E-state index < -0.39 is 6.04 Å². The molecule has 0 bridgehead atoms. The van der Waals surface area contributed by atoms with Gasteiger partial charge in [0.2, 0.25) is 5.91 Å². The highest BCUT2D eigenvalue weighted by Crippen LogP contribution is 2.29. The van der Waals surface area contributed by atoms with Crippen molar-refractivity contribution in [1.82, 2.24) is 15.6 Å². The molecule has 0 aliphatic heterocycles. The molecule has 0 saturated heterocycles. The number of aryl methyl sites for hydroxylation is 1. The van der Waals surface area contributed by atoms with Crippen LogP contribution in [0.3, 0.4) is 0 Å². The van der Waals surface area contributed by atoms with Gasteiger partial charge in [-0.15, -0.1) is 11.3 Å². The molecule has 6 nitrogen and oxygen atoms in total. The number of aromatic nitrogens is 1. The lowest BCUT2D eigenvalue weighted by atomic mass is 9.97. The van der Waals surface area contributed by atoms with Crippen LogP contribution in [0.25, 0.3) is 0 Å². The topological polar surface area (TPSA) is 83.1 Å². The van der Waals surface area contributed by atoms with E-state index in [9.17, 15) is 9.59 Å². The maximum absolute atomic E-state index is 12.9. The van der Waals surface area contributed by atoms with E-state index in [4.69, 9.17) is 11.6 Å². The largest absolute Gasteiger partial charge is 0.379 e. The highest BCUT2D eigenvalue weighted by Gasteiger charge is 2.31. The van der Waals surface area contributed by atoms with Crippen molar-refractivity contribution in [3.05, 3.63) is 44.9 Å². The Balaban J connectivity index is 1.36. The van der Waals surface area contributed by atoms with Gasteiger partial charge in [0.1, 0.15) is 6.04 Å². The molecule has 0 aromatic carbocycles. The summed E-state index contributed by atoms with van der Waals surface area (Å²) in [4.78, 5) is 31.5. The van der Waals surface area contributed by atoms with Crippen LogP contribution in [-0.2, 0) is 11.3 Å². The van der Waals surface area contributed by atoms with E-state index in [1.807, 2.05) is 25.1 Å². The Kier molecular flexibility index (Phi) is 7.13. The van der Waals surface area contributed by atoms with Crippen LogP contribution in [0.15, 0.2) is 24.4 Å². The number of halogens is 1. The van der Waals surface area contributed by atoms with Crippen molar-refractivity contribution in [1.29, 1.82) is 0 Å². The third kappa shape index (κ3) is 6.20. The van der Waals surface area contributed by atoms with E-state index in [2.05, 4.69) is 20.9 Å². The molecule has 2 aromatic heterocycles. The summed E-state index contributed by atoms with van der Waals surface area (Å²) in [5, 5.41) is 9.98. The fourth-order valence-corrected chi connectivity index (χ4v) is 5.04. The number of carbonyl (C=O) groups excluding carboxylic acids is 2. The number of nitrogens with zero attached hydrogens (tertiary/aromatic N) is 1. The fraction of sp³-hybridized carbons (Fsp3) is 0.522. The zero-order valence-electron chi connectivity index (χ0n) is 17.7. The average molecular weight is 461 g/mol. The fourth-order valence-electron chi connectivity index (χ4n) is 4.03. The van der Waals surface area contributed by atoms with Crippen molar-refractivity contribution < 1.29 is 9.59 Å². The molecule has 0 spiro atoms. The van der Waals surface area contributed by atoms with Gasteiger partial charge in [0.25, 0.3) is 5.91 Å². The normalized spacial score (nSPS) is 17.4. The molecule has 31 heavy (non-hydrogen) atoms. The first-order valence-corrected chi connectivity index (χ1v) is 12.2. The van der Waals surface area contributed by atoms with Gasteiger partial charge in [-0.05, 0) is 50.3 Å². The first-order valence-electron chi connectivity index (χ1n) is 11.0. The van der Waals surface area contributed by atoms with Crippen molar-refractivity contribution >= 4 is 40.4 Å². The van der Waals surface area contributed by atoms with Crippen LogP contribution in [0.4, 0.5) is 5.69 Å². The van der Waals surface area contributed by atoms with Gasteiger partial charge in [-0.3, -0.25) is 14.6 Å². The molecule has 2 heterocycles. The van der Waals surface area contributed by atoms with Gasteiger partial charge >= 0.3 is 0 Å². The predicted molar refractivity (Wildman–Crippen MR) is 125 cm³/mol. The zero-order chi connectivity index (χ0) is 21.8. The molecule has 2 amide bonds. The number of anilines is 1. The second-order valence-corrected chi connectivity index (χ2v) is 10.2. The Labute approximate surface area is 192 Å². The third-order valence-electron chi connectivity index (χ3n) is 5.98. The van der Waals surface area contributed by atoms with Gasteiger partial charge in [0.05, 0.1) is 21.3 Å². The first kappa shape index (κ1) is 22.1. The standard InChI is InChI=1S/C23H29ClN4O2S/c1-14-19(11-16(24)12-25-14)26-13-18-8-9-21(31-18)23(30)28-20(10-15-4-2-3-5-15)22(29)27-17-6-7-17/h8-9,11-12,15,17,20,26H,2-7,10,13H2,1H3,(H,27,29)(H,28,30)/t20-/m1/s1. The van der Waals surface area contributed by atoms with Crippen LogP contribution in [-0.4, -0.2) is 28.9 Å². The highest BCUT2D eigenvalue weighted by molar-refractivity contribution is 7.14. The summed E-state index contributed by atoms with van der Waals surface area (Å²) in [6.07, 6.45) is 9.17. The molecule has 0 unspecified atom stereocenters. The average Bonchev–Trinajstić information content (AvgIpc) is 3.21. The smallest absolute Gasteiger partial charge is 0.262 e. The first-order chi connectivity index (χ1) is 15.0. The van der Waals surface area contributed by atoms with Crippen LogP contribution in [0.1, 0.15) is 65.2 Å². The Morgan fingerprint density at radius 3 is 2.74 bits per heavy atom. The maximum atomic E-state index is 12.9. The van der Waals surface area contributed by atoms with Gasteiger partial charge < -0.3 is 16.0 Å². The van der Waals surface area contributed by atoms with Crippen molar-refractivity contribution in [2.75, 3.05) is 5.32 Å². The second-order valence-electron chi connectivity index (χ2n) is 8.60. The molecule has 166 valence electrons. The van der Waals surface area contributed by atoms with Gasteiger partial charge in [0, 0.05) is 23.7 Å². The summed E-state index contributed by atoms with van der Waals surface area (Å²) in [6.45, 7) is 2.50. The summed E-state index contributed by atoms with van der Waals surface area (Å²) < 4.78 is 0. The zero-order valence-corrected chi connectivity index (χ0v) is 19.3. The van der Waals surface area contributed by atoms with Gasteiger partial charge in [-0.25, -0.2) is 0 Å². The Bertz CT molecular complexity index is 937. The van der Waals surface area contributed by atoms with Crippen LogP contribution in [0.5, 0.6) is 0 Å². The van der Waals surface area contributed by atoms with E-state index in [0.717, 1.165) is 48.4 Å². The Morgan fingerprint density at radius 2 is 2.00 bits per heavy atom. The molecular formula is C23H29ClN4O2S. The summed E-state index contributed by atoms with van der Waals surface area (Å²) in [6, 6.07) is 5.44. The van der Waals surface area contributed by atoms with E-state index in [1.165, 1.54) is 24.2 Å². The molecule has 1 atom stereocenters. The highest BCUT2D eigenvalue weighted by atomic mass is 35.5. The molecule has 0 radical (unpaired) electrons. The van der Waals surface area contributed by atoms with Gasteiger partial charge in [-0.2, -0.15) is 0 Å². The molecule has 3 N–H and O–H groups in total. The summed E-state index contributed by atoms with van der Waals surface area (Å²) in [5.41, 5.74) is 1.75. The van der Waals surface area contributed by atoms with Gasteiger partial charge in [0.15, 0.2) is 0 Å². The second kappa shape index (κ2) is 10.0. The Morgan fingerprint density at radius 1 is 1.23 bits per heavy atom. The molecular weight excluding hydrogens is 432 g/mol. The minimum atomic E-state index is -0.458. The number of pyridine rings is 1. The summed E-state index contributed by atoms with van der Waals surface area (Å²) in [7, 11) is 0. The molecule has 8 heteroatoms. The van der Waals surface area contributed by atoms with Crippen LogP contribution in [0.2, 0.25) is 5.02 Å². The van der Waals surface area contributed by atoms with Gasteiger partial charge in [-0.1, -0.05) is 37.3 Å². The number of hydrogen-bond acceptors (Lipinski definition) is 5. The van der Waals surface area contributed by atoms with Crippen LogP contribution >= 0.6 is 22.9 Å². The lowest BCUT2D eigenvalue weighted by Gasteiger charge is -2.21. The number of rotatable bonds is 9. The Hall–Kier alpha value is -2.12. The van der Waals surface area contributed by atoms with E-state index in [1.54, 1.807) is 6.20 Å².